The van der Waals surface area contributed by atoms with Crippen LogP contribution < -0.4 is 5.32 Å². The molecule has 1 aliphatic heterocycles. The van der Waals surface area contributed by atoms with Crippen LogP contribution in [0.4, 0.5) is 18.0 Å². The van der Waals surface area contributed by atoms with Gasteiger partial charge in [-0.2, -0.15) is 13.2 Å². The molecule has 0 bridgehead atoms. The summed E-state index contributed by atoms with van der Waals surface area (Å²) in [6, 6.07) is 3.42. The number of carbonyl (C=O) groups excluding carboxylic acids is 2. The summed E-state index contributed by atoms with van der Waals surface area (Å²) >= 11 is 2.86. The normalized spacial score (nSPS) is 15.4. The van der Waals surface area contributed by atoms with E-state index in [1.807, 2.05) is 0 Å². The van der Waals surface area contributed by atoms with Crippen LogP contribution >= 0.6 is 15.9 Å². The van der Waals surface area contributed by atoms with E-state index in [4.69, 9.17) is 4.74 Å². The number of likely N-dealkylation sites (tertiary alicyclic amines) is 1. The molecule has 0 atom stereocenters. The van der Waals surface area contributed by atoms with Gasteiger partial charge in [0.15, 0.2) is 0 Å². The molecular weight excluding hydrogens is 417 g/mol. The lowest BCUT2D eigenvalue weighted by atomic mass is 10.0. The molecule has 2 rings (SSSR count). The van der Waals surface area contributed by atoms with Gasteiger partial charge in [0.1, 0.15) is 5.60 Å². The van der Waals surface area contributed by atoms with Gasteiger partial charge in [-0.05, 0) is 48.8 Å². The number of nitrogens with one attached hydrogen (secondary N) is 1. The summed E-state index contributed by atoms with van der Waals surface area (Å²) < 4.78 is 43.6. The first kappa shape index (κ1) is 20.5. The number of ether oxygens (including phenoxy) is 1. The van der Waals surface area contributed by atoms with Gasteiger partial charge in [0.25, 0.3) is 5.91 Å². The van der Waals surface area contributed by atoms with E-state index in [1.165, 1.54) is 17.0 Å². The highest BCUT2D eigenvalue weighted by Gasteiger charge is 2.35. The Bertz CT molecular complexity index is 695. The number of carbonyl (C=O) groups is 2. The zero-order valence-corrected chi connectivity index (χ0v) is 16.2. The molecule has 1 N–H and O–H groups in total. The largest absolute Gasteiger partial charge is 0.444 e. The van der Waals surface area contributed by atoms with Crippen LogP contribution in [0.3, 0.4) is 0 Å². The number of hydrogen-bond acceptors (Lipinski definition) is 3. The van der Waals surface area contributed by atoms with Crippen molar-refractivity contribution < 1.29 is 27.5 Å². The number of hydrogen-bond donors (Lipinski definition) is 1. The van der Waals surface area contributed by atoms with Crippen LogP contribution in [0.2, 0.25) is 0 Å². The third-order valence-electron chi connectivity index (χ3n) is 3.71. The molecule has 2 amide bonds. The molecule has 1 heterocycles. The van der Waals surface area contributed by atoms with Crippen molar-refractivity contribution in [1.82, 2.24) is 10.2 Å². The van der Waals surface area contributed by atoms with Gasteiger partial charge in [0, 0.05) is 30.0 Å². The molecule has 1 saturated heterocycles. The quantitative estimate of drug-likeness (QED) is 0.776. The van der Waals surface area contributed by atoms with Crippen LogP contribution in [0.1, 0.15) is 36.7 Å². The maximum absolute atomic E-state index is 12.9. The van der Waals surface area contributed by atoms with Crippen molar-refractivity contribution in [3.8, 4) is 0 Å². The van der Waals surface area contributed by atoms with Gasteiger partial charge in [-0.3, -0.25) is 4.79 Å². The molecule has 1 aromatic carbocycles. The van der Waals surface area contributed by atoms with Crippen molar-refractivity contribution in [2.24, 2.45) is 5.92 Å². The van der Waals surface area contributed by atoms with Gasteiger partial charge in [-0.25, -0.2) is 4.79 Å². The van der Waals surface area contributed by atoms with Crippen molar-refractivity contribution in [2.45, 2.75) is 32.5 Å². The molecule has 0 aliphatic carbocycles. The third kappa shape index (κ3) is 5.12. The van der Waals surface area contributed by atoms with Gasteiger partial charge < -0.3 is 15.0 Å². The maximum Gasteiger partial charge on any atom is 0.417 e. The van der Waals surface area contributed by atoms with E-state index in [0.717, 1.165) is 6.07 Å². The molecule has 5 nitrogen and oxygen atoms in total. The molecule has 0 spiro atoms. The summed E-state index contributed by atoms with van der Waals surface area (Å²) in [6.07, 6.45) is -4.96. The molecule has 0 unspecified atom stereocenters. The van der Waals surface area contributed by atoms with Crippen molar-refractivity contribution in [3.05, 3.63) is 33.8 Å². The zero-order chi connectivity index (χ0) is 19.7. The highest BCUT2D eigenvalue weighted by Crippen LogP contribution is 2.36. The standard InChI is InChI=1S/C17H20BrF3N2O3/c1-16(2,3)26-15(25)23-8-10(9-23)7-22-14(24)11-5-4-6-12(13(11)18)17(19,20)21/h4-6,10H,7-9H2,1-3H3,(H,22,24). The zero-order valence-electron chi connectivity index (χ0n) is 14.6. The first-order valence-electron chi connectivity index (χ1n) is 8.00. The third-order valence-corrected chi connectivity index (χ3v) is 4.56. The maximum atomic E-state index is 12.9. The second-order valence-corrected chi connectivity index (χ2v) is 7.92. The van der Waals surface area contributed by atoms with E-state index < -0.39 is 29.3 Å². The average molecular weight is 437 g/mol. The molecule has 0 saturated carbocycles. The van der Waals surface area contributed by atoms with Crippen LogP contribution in [0.25, 0.3) is 0 Å². The van der Waals surface area contributed by atoms with Crippen LogP contribution in [-0.2, 0) is 10.9 Å². The Morgan fingerprint density at radius 3 is 2.42 bits per heavy atom. The van der Waals surface area contributed by atoms with Gasteiger partial charge in [0.05, 0.1) is 11.1 Å². The minimum Gasteiger partial charge on any atom is -0.444 e. The lowest BCUT2D eigenvalue weighted by Gasteiger charge is -2.39. The van der Waals surface area contributed by atoms with Crippen molar-refractivity contribution in [3.63, 3.8) is 0 Å². The second-order valence-electron chi connectivity index (χ2n) is 7.13. The van der Waals surface area contributed by atoms with Crippen LogP contribution in [0.15, 0.2) is 22.7 Å². The number of nitrogens with zero attached hydrogens (tertiary/aromatic N) is 1. The van der Waals surface area contributed by atoms with Crippen LogP contribution in [0, 0.1) is 5.92 Å². The highest BCUT2D eigenvalue weighted by atomic mass is 79.9. The van der Waals surface area contributed by atoms with E-state index in [2.05, 4.69) is 21.2 Å². The fraction of sp³-hybridized carbons (Fsp3) is 0.529. The predicted octanol–water partition coefficient (Wildman–Crippen LogP) is 4.06. The lowest BCUT2D eigenvalue weighted by molar-refractivity contribution is -0.138. The Balaban J connectivity index is 1.87. The number of benzene rings is 1. The lowest BCUT2D eigenvalue weighted by Crippen LogP contribution is -2.54. The van der Waals surface area contributed by atoms with Crippen LogP contribution in [-0.4, -0.2) is 42.1 Å². The predicted molar refractivity (Wildman–Crippen MR) is 92.8 cm³/mol. The minimum atomic E-state index is -4.54. The Morgan fingerprint density at radius 2 is 1.88 bits per heavy atom. The summed E-state index contributed by atoms with van der Waals surface area (Å²) in [7, 11) is 0. The van der Waals surface area contributed by atoms with Gasteiger partial charge in [0.2, 0.25) is 0 Å². The SMILES string of the molecule is CC(C)(C)OC(=O)N1CC(CNC(=O)c2cccc(C(F)(F)F)c2Br)C1. The van der Waals surface area contributed by atoms with Gasteiger partial charge in [-0.15, -0.1) is 0 Å². The summed E-state index contributed by atoms with van der Waals surface area (Å²) in [4.78, 5) is 25.5. The monoisotopic (exact) mass is 436 g/mol. The summed E-state index contributed by atoms with van der Waals surface area (Å²) in [5.41, 5.74) is -1.56. The van der Waals surface area contributed by atoms with E-state index in [0.29, 0.717) is 13.1 Å². The molecule has 0 aromatic heterocycles. The Hall–Kier alpha value is -1.77. The number of amides is 2. The summed E-state index contributed by atoms with van der Waals surface area (Å²) in [5, 5.41) is 2.61. The van der Waals surface area contributed by atoms with Crippen molar-refractivity contribution in [2.75, 3.05) is 19.6 Å². The molecule has 1 fully saturated rings. The highest BCUT2D eigenvalue weighted by molar-refractivity contribution is 9.10. The minimum absolute atomic E-state index is 0.0380. The van der Waals surface area contributed by atoms with Crippen molar-refractivity contribution in [1.29, 1.82) is 0 Å². The Kier molecular flexibility index (Phi) is 5.89. The van der Waals surface area contributed by atoms with Crippen LogP contribution in [0.5, 0.6) is 0 Å². The Labute approximate surface area is 158 Å². The molecule has 0 radical (unpaired) electrons. The summed E-state index contributed by atoms with van der Waals surface area (Å²) in [6.45, 7) is 6.44. The first-order valence-corrected chi connectivity index (χ1v) is 8.79. The first-order chi connectivity index (χ1) is 11.9. The fourth-order valence-electron chi connectivity index (χ4n) is 2.43. The molecule has 1 aromatic rings. The molecule has 1 aliphatic rings. The molecule has 144 valence electrons. The van der Waals surface area contributed by atoms with E-state index in [-0.39, 0.29) is 22.5 Å². The number of halogens is 4. The second kappa shape index (κ2) is 7.46. The average Bonchev–Trinajstić information content (AvgIpc) is 2.42. The van der Waals surface area contributed by atoms with E-state index in [1.54, 1.807) is 20.8 Å². The van der Waals surface area contributed by atoms with E-state index in [9.17, 15) is 22.8 Å². The molecular formula is C17H20BrF3N2O3. The fourth-order valence-corrected chi connectivity index (χ4v) is 3.10. The summed E-state index contributed by atoms with van der Waals surface area (Å²) in [5.74, 6) is -0.560. The van der Waals surface area contributed by atoms with Crippen molar-refractivity contribution >= 4 is 27.9 Å². The van der Waals surface area contributed by atoms with E-state index >= 15 is 0 Å². The van der Waals surface area contributed by atoms with Gasteiger partial charge >= 0.3 is 12.3 Å². The van der Waals surface area contributed by atoms with Gasteiger partial charge in [-0.1, -0.05) is 6.07 Å². The topological polar surface area (TPSA) is 58.6 Å². The Morgan fingerprint density at radius 1 is 1.27 bits per heavy atom. The smallest absolute Gasteiger partial charge is 0.417 e. The molecule has 26 heavy (non-hydrogen) atoms. The molecule has 9 heteroatoms. The number of alkyl halides is 3. The number of rotatable bonds is 3.